The van der Waals surface area contributed by atoms with Crippen LogP contribution in [0.15, 0.2) is 36.4 Å². The van der Waals surface area contributed by atoms with E-state index in [0.717, 1.165) is 30.6 Å². The van der Waals surface area contributed by atoms with Gasteiger partial charge in [0.15, 0.2) is 0 Å². The zero-order chi connectivity index (χ0) is 25.4. The molecule has 2 heterocycles. The molecule has 2 saturated heterocycles. The van der Waals surface area contributed by atoms with E-state index in [9.17, 15) is 18.4 Å². The molecule has 2 aromatic carbocycles. The number of halogens is 3. The second kappa shape index (κ2) is 15.8. The Balaban J connectivity index is 0.000000351. The number of rotatable bonds is 6. The quantitative estimate of drug-likeness (QED) is 0.294. The Labute approximate surface area is 226 Å². The molecule has 9 heteroatoms. The first-order valence-corrected chi connectivity index (χ1v) is 12.3. The number of benzene rings is 2. The normalized spacial score (nSPS) is 18.9. The fourth-order valence-electron chi connectivity index (χ4n) is 4.28. The molecular weight excluding hydrogens is 550 g/mol. The van der Waals surface area contributed by atoms with Crippen molar-refractivity contribution in [3.05, 3.63) is 70.3 Å². The third-order valence-corrected chi connectivity index (χ3v) is 7.00. The van der Waals surface area contributed by atoms with Crippen LogP contribution in [-0.2, 0) is 35.0 Å². The van der Waals surface area contributed by atoms with Crippen molar-refractivity contribution in [2.75, 3.05) is 40.6 Å². The Morgan fingerprint density at radius 2 is 1.46 bits per heavy atom. The number of carbonyl (C=O) groups is 2. The zero-order valence-corrected chi connectivity index (χ0v) is 21.3. The van der Waals surface area contributed by atoms with Crippen molar-refractivity contribution in [1.82, 2.24) is 0 Å². The average molecular weight is 587 g/mol. The molecule has 206 valence electrons. The van der Waals surface area contributed by atoms with Crippen molar-refractivity contribution in [3.8, 4) is 0 Å². The lowest BCUT2D eigenvalue weighted by Crippen LogP contribution is -2.12. The van der Waals surface area contributed by atoms with Gasteiger partial charge >= 0.3 is 11.9 Å². The van der Waals surface area contributed by atoms with Gasteiger partial charge in [0.05, 0.1) is 33.9 Å². The first-order chi connectivity index (χ1) is 16.8. The van der Waals surface area contributed by atoms with Crippen LogP contribution >= 0.6 is 15.9 Å². The molecule has 0 spiro atoms. The van der Waals surface area contributed by atoms with Gasteiger partial charge in [-0.3, -0.25) is 9.59 Å². The van der Waals surface area contributed by atoms with E-state index in [0.29, 0.717) is 30.9 Å². The van der Waals surface area contributed by atoms with Gasteiger partial charge in [0.2, 0.25) is 0 Å². The highest BCUT2D eigenvalue weighted by molar-refractivity contribution is 9.09. The van der Waals surface area contributed by atoms with E-state index in [1.54, 1.807) is 12.1 Å². The molecule has 2 aromatic rings. The number of hydrogen-bond acceptors (Lipinski definition) is 6. The summed E-state index contributed by atoms with van der Waals surface area (Å²) in [5, 5.41) is 0. The van der Waals surface area contributed by atoms with Gasteiger partial charge in [0.25, 0.3) is 0 Å². The van der Waals surface area contributed by atoms with Crippen LogP contribution in [0.3, 0.4) is 0 Å². The highest BCUT2D eigenvalue weighted by Gasteiger charge is 2.27. The van der Waals surface area contributed by atoms with E-state index in [-0.39, 0.29) is 50.7 Å². The van der Waals surface area contributed by atoms with E-state index in [1.807, 2.05) is 0 Å². The lowest BCUT2D eigenvalue weighted by Gasteiger charge is -2.17. The van der Waals surface area contributed by atoms with E-state index in [2.05, 4.69) is 25.4 Å². The van der Waals surface area contributed by atoms with Gasteiger partial charge in [-0.1, -0.05) is 42.9 Å². The maximum atomic E-state index is 13.4. The predicted molar refractivity (Wildman–Crippen MR) is 142 cm³/mol. The lowest BCUT2D eigenvalue weighted by molar-refractivity contribution is -0.140. The standard InChI is InChI=1S/C13H14BrFO3.C13H15FO3.2CH4/c1-17-13(16)12(14)11-6-9(15)2-3-10(11)8-4-5-18-7-8;1-16-13(15)7-10-6-11(14)2-3-12(10)9-4-5-17-8-9;;/h2-3,6,8,12H,4-5,7H2,1H3;2-3,6,9H,4-5,7-8H2,1H3;2*1H4. The zero-order valence-electron chi connectivity index (χ0n) is 19.7. The van der Waals surface area contributed by atoms with Crippen molar-refractivity contribution < 1.29 is 37.3 Å². The molecule has 0 amide bonds. The summed E-state index contributed by atoms with van der Waals surface area (Å²) in [6, 6.07) is 9.09. The summed E-state index contributed by atoms with van der Waals surface area (Å²) in [5.41, 5.74) is 3.26. The Hall–Kier alpha value is -2.36. The van der Waals surface area contributed by atoms with E-state index in [4.69, 9.17) is 9.47 Å². The number of esters is 2. The van der Waals surface area contributed by atoms with Gasteiger partial charge in [0.1, 0.15) is 16.5 Å². The predicted octanol–water partition coefficient (Wildman–Crippen LogP) is 6.26. The molecule has 0 saturated carbocycles. The van der Waals surface area contributed by atoms with Crippen molar-refractivity contribution in [2.45, 2.75) is 50.8 Å². The SMILES string of the molecule is C.C.COC(=O)C(Br)c1cc(F)ccc1C1CCOC1.COC(=O)Cc1cc(F)ccc1C1CCOC1. The molecule has 0 aromatic heterocycles. The molecule has 4 rings (SSSR count). The van der Waals surface area contributed by atoms with Crippen molar-refractivity contribution in [3.63, 3.8) is 0 Å². The number of carbonyl (C=O) groups excluding carboxylic acids is 2. The van der Waals surface area contributed by atoms with Crippen molar-refractivity contribution >= 4 is 27.9 Å². The number of hydrogen-bond donors (Lipinski definition) is 0. The molecular formula is C28H37BrF2O6. The molecule has 2 aliphatic rings. The Morgan fingerprint density at radius 1 is 0.919 bits per heavy atom. The Bertz CT molecular complexity index is 1020. The van der Waals surface area contributed by atoms with Gasteiger partial charge in [-0.2, -0.15) is 0 Å². The summed E-state index contributed by atoms with van der Waals surface area (Å²) < 4.78 is 46.5. The van der Waals surface area contributed by atoms with Crippen LogP contribution in [0.2, 0.25) is 0 Å². The molecule has 2 fully saturated rings. The Morgan fingerprint density at radius 3 is 1.97 bits per heavy atom. The van der Waals surface area contributed by atoms with Gasteiger partial charge < -0.3 is 18.9 Å². The van der Waals surface area contributed by atoms with Crippen LogP contribution < -0.4 is 0 Å². The largest absolute Gasteiger partial charge is 0.469 e. The fourth-order valence-corrected chi connectivity index (χ4v) is 4.86. The van der Waals surface area contributed by atoms with E-state index >= 15 is 0 Å². The molecule has 2 aliphatic heterocycles. The smallest absolute Gasteiger partial charge is 0.324 e. The maximum Gasteiger partial charge on any atom is 0.324 e. The third-order valence-electron chi connectivity index (χ3n) is 6.14. The van der Waals surface area contributed by atoms with Crippen LogP contribution in [-0.4, -0.2) is 52.6 Å². The van der Waals surface area contributed by atoms with E-state index < -0.39 is 10.8 Å². The fraction of sp³-hybridized carbons (Fsp3) is 0.500. The number of methoxy groups -OCH3 is 2. The second-order valence-electron chi connectivity index (χ2n) is 8.38. The van der Waals surface area contributed by atoms with Gasteiger partial charge in [-0.05, 0) is 59.4 Å². The van der Waals surface area contributed by atoms with Crippen LogP contribution in [0.25, 0.3) is 0 Å². The van der Waals surface area contributed by atoms with Crippen LogP contribution in [0.5, 0.6) is 0 Å². The molecule has 0 N–H and O–H groups in total. The summed E-state index contributed by atoms with van der Waals surface area (Å²) >= 11 is 3.26. The molecule has 3 atom stereocenters. The molecule has 6 nitrogen and oxygen atoms in total. The second-order valence-corrected chi connectivity index (χ2v) is 9.29. The van der Waals surface area contributed by atoms with Gasteiger partial charge in [-0.15, -0.1) is 0 Å². The monoisotopic (exact) mass is 586 g/mol. The highest BCUT2D eigenvalue weighted by atomic mass is 79.9. The molecule has 3 unspecified atom stereocenters. The lowest BCUT2D eigenvalue weighted by atomic mass is 9.92. The van der Waals surface area contributed by atoms with Crippen molar-refractivity contribution in [2.24, 2.45) is 0 Å². The van der Waals surface area contributed by atoms with Crippen LogP contribution in [0, 0.1) is 11.6 Å². The summed E-state index contributed by atoms with van der Waals surface area (Å²) in [6.07, 6.45) is 1.92. The number of alkyl halides is 1. The highest BCUT2D eigenvalue weighted by Crippen LogP contribution is 2.35. The Kier molecular flexibility index (Phi) is 13.9. The van der Waals surface area contributed by atoms with Gasteiger partial charge in [-0.25, -0.2) is 8.78 Å². The molecule has 0 aliphatic carbocycles. The van der Waals surface area contributed by atoms with Crippen molar-refractivity contribution in [1.29, 1.82) is 0 Å². The minimum atomic E-state index is -0.645. The summed E-state index contributed by atoms with van der Waals surface area (Å²) in [5.74, 6) is -0.996. The average Bonchev–Trinajstić information content (AvgIpc) is 3.58. The summed E-state index contributed by atoms with van der Waals surface area (Å²) in [7, 11) is 2.65. The maximum absolute atomic E-state index is 13.4. The minimum Gasteiger partial charge on any atom is -0.469 e. The van der Waals surface area contributed by atoms with Crippen LogP contribution in [0.1, 0.15) is 66.6 Å². The summed E-state index contributed by atoms with van der Waals surface area (Å²) in [6.45, 7) is 2.67. The molecule has 0 bridgehead atoms. The number of ether oxygens (including phenoxy) is 4. The van der Waals surface area contributed by atoms with Gasteiger partial charge in [0, 0.05) is 25.0 Å². The summed E-state index contributed by atoms with van der Waals surface area (Å²) in [4.78, 5) is 22.2. The minimum absolute atomic E-state index is 0. The third kappa shape index (κ3) is 8.86. The molecule has 37 heavy (non-hydrogen) atoms. The van der Waals surface area contributed by atoms with Crippen LogP contribution in [0.4, 0.5) is 8.78 Å². The van der Waals surface area contributed by atoms with E-state index in [1.165, 1.54) is 38.5 Å². The first-order valence-electron chi connectivity index (χ1n) is 11.4. The molecule has 0 radical (unpaired) electrons. The first kappa shape index (κ1) is 32.7. The topological polar surface area (TPSA) is 71.1 Å².